The van der Waals surface area contributed by atoms with Gasteiger partial charge in [-0.15, -0.1) is 11.8 Å². The minimum Gasteiger partial charge on any atom is -0.478 e. The number of carboxylic acid groups (broad SMARTS) is 1. The van der Waals surface area contributed by atoms with Crippen LogP contribution in [0.5, 0.6) is 0 Å². The molecule has 2 fully saturated rings. The van der Waals surface area contributed by atoms with Crippen molar-refractivity contribution >= 4 is 74.7 Å². The van der Waals surface area contributed by atoms with E-state index in [9.17, 15) is 36.6 Å². The van der Waals surface area contributed by atoms with Gasteiger partial charge in [0.2, 0.25) is 0 Å². The number of aromatic carboxylic acids is 1. The Morgan fingerprint density at radius 1 is 0.842 bits per heavy atom. The fourth-order valence-corrected chi connectivity index (χ4v) is 14.6. The number of benzene rings is 5. The summed E-state index contributed by atoms with van der Waals surface area (Å²) in [5.41, 5.74) is 0.361. The fourth-order valence-electron chi connectivity index (χ4n) is 10.4. The molecule has 76 heavy (non-hydrogen) atoms. The summed E-state index contributed by atoms with van der Waals surface area (Å²) in [6, 6.07) is 35.2. The average molecular weight is 1120 g/mol. The minimum absolute atomic E-state index is 0.0224. The summed E-state index contributed by atoms with van der Waals surface area (Å²) in [5, 5.41) is 24.1. The number of hydrogen-bond donors (Lipinski definition) is 3. The first-order valence-electron chi connectivity index (χ1n) is 25.3. The summed E-state index contributed by atoms with van der Waals surface area (Å²) in [7, 11) is -10.2. The molecule has 3 aliphatic heterocycles. The molecule has 1 aromatic heterocycles. The van der Waals surface area contributed by atoms with Crippen molar-refractivity contribution in [1.29, 1.82) is 0 Å². The number of nitrogens with one attached hydrogen (secondary N) is 1. The Kier molecular flexibility index (Phi) is 16.6. The number of rotatable bonds is 17. The van der Waals surface area contributed by atoms with Crippen molar-refractivity contribution < 1.29 is 45.7 Å². The van der Waals surface area contributed by atoms with E-state index in [0.717, 1.165) is 39.2 Å². The molecule has 3 N–H and O–H groups in total. The molecule has 5 aromatic carbocycles. The zero-order chi connectivity index (χ0) is 53.9. The molecule has 3 aliphatic rings. The molecule has 402 valence electrons. The normalized spacial score (nSPS) is 18.2. The maximum absolute atomic E-state index is 15.1. The largest absolute Gasteiger partial charge is 0.501 e. The smallest absolute Gasteiger partial charge is 0.478 e. The molecule has 0 aliphatic carbocycles. The van der Waals surface area contributed by atoms with Crippen LogP contribution in [0.1, 0.15) is 55.2 Å². The van der Waals surface area contributed by atoms with E-state index >= 15 is 4.57 Å². The second-order valence-electron chi connectivity index (χ2n) is 19.5. The van der Waals surface area contributed by atoms with Gasteiger partial charge in [-0.3, -0.25) is 4.67 Å². The topological polar surface area (TPSA) is 148 Å². The van der Waals surface area contributed by atoms with Crippen LogP contribution in [0.2, 0.25) is 5.02 Å². The number of carboxylic acids is 1. The predicted octanol–water partition coefficient (Wildman–Crippen LogP) is 12.0. The maximum atomic E-state index is 15.1. The van der Waals surface area contributed by atoms with E-state index < -0.39 is 39.8 Å². The Morgan fingerprint density at radius 3 is 2.14 bits per heavy atom. The van der Waals surface area contributed by atoms with Crippen molar-refractivity contribution in [3.8, 4) is 22.4 Å². The SMILES string of the molecule is Cc1c(C(=O)O)c(-c2cccc(N3CCN(c4ccc(N5CC=CO[P@]5(=O)c5ccc(NC(CCN6CCC(O)CC6)CSc6ccccc6)c(S(=O)(=O)C(F)(F)F)c5)cc4)CC3)c2)c(-c2ccc(Cl)cc2)n1C(C)C. The van der Waals surface area contributed by atoms with Crippen LogP contribution in [-0.2, 0) is 18.9 Å². The number of anilines is 4. The van der Waals surface area contributed by atoms with E-state index in [1.807, 2.05) is 99.6 Å². The van der Waals surface area contributed by atoms with Crippen molar-refractivity contribution in [2.24, 2.45) is 0 Å². The third kappa shape index (κ3) is 11.7. The lowest BCUT2D eigenvalue weighted by Gasteiger charge is -2.38. The number of piperazine rings is 1. The van der Waals surface area contributed by atoms with Gasteiger partial charge in [-0.2, -0.15) is 13.2 Å². The van der Waals surface area contributed by atoms with Crippen LogP contribution in [0.15, 0.2) is 143 Å². The molecule has 0 saturated carbocycles. The quantitative estimate of drug-likeness (QED) is 0.0588. The molecule has 2 atom stereocenters. The number of aromatic nitrogens is 1. The number of halogens is 4. The van der Waals surface area contributed by atoms with Crippen LogP contribution in [0.3, 0.4) is 0 Å². The second-order valence-corrected chi connectivity index (χ2v) is 25.2. The van der Waals surface area contributed by atoms with Crippen LogP contribution >= 0.6 is 30.9 Å². The van der Waals surface area contributed by atoms with Crippen molar-refractivity contribution in [2.75, 3.05) is 77.9 Å². The van der Waals surface area contributed by atoms with E-state index in [-0.39, 0.29) is 35.2 Å². The lowest BCUT2D eigenvalue weighted by Crippen LogP contribution is -2.46. The zero-order valence-corrected chi connectivity index (χ0v) is 45.6. The molecule has 2 saturated heterocycles. The van der Waals surface area contributed by atoms with Crippen molar-refractivity contribution in [3.05, 3.63) is 150 Å². The lowest BCUT2D eigenvalue weighted by molar-refractivity contribution is -0.0435. The van der Waals surface area contributed by atoms with Gasteiger partial charge in [-0.1, -0.05) is 54.1 Å². The summed E-state index contributed by atoms with van der Waals surface area (Å²) in [5.74, 6) is -0.598. The van der Waals surface area contributed by atoms with Crippen LogP contribution in [0.4, 0.5) is 35.9 Å². The van der Waals surface area contributed by atoms with Crippen LogP contribution in [0, 0.1) is 6.92 Å². The summed E-state index contributed by atoms with van der Waals surface area (Å²) in [4.78, 5) is 19.5. The zero-order valence-electron chi connectivity index (χ0n) is 42.4. The molecular formula is C56H61ClF3N6O7PS2. The first kappa shape index (κ1) is 54.9. The van der Waals surface area contributed by atoms with Gasteiger partial charge in [0.05, 0.1) is 34.6 Å². The fraction of sp³-hybridized carbons (Fsp3) is 0.339. The molecular weight excluding hydrogens is 1060 g/mol. The number of piperidine rings is 1. The summed E-state index contributed by atoms with van der Waals surface area (Å²) in [6.07, 6.45) is 4.18. The van der Waals surface area contributed by atoms with E-state index in [1.165, 1.54) is 34.8 Å². The molecule has 20 heteroatoms. The number of aliphatic hydroxyl groups is 1. The summed E-state index contributed by atoms with van der Waals surface area (Å²) < 4.78 is 95.1. The Morgan fingerprint density at radius 2 is 1.50 bits per heavy atom. The van der Waals surface area contributed by atoms with E-state index in [4.69, 9.17) is 16.1 Å². The van der Waals surface area contributed by atoms with Gasteiger partial charge in [-0.25, -0.2) is 17.8 Å². The molecule has 1 unspecified atom stereocenters. The van der Waals surface area contributed by atoms with Crippen LogP contribution < -0.4 is 25.1 Å². The highest BCUT2D eigenvalue weighted by Crippen LogP contribution is 2.55. The number of thioether (sulfide) groups is 1. The van der Waals surface area contributed by atoms with Crippen molar-refractivity contribution in [1.82, 2.24) is 9.47 Å². The molecule has 9 rings (SSSR count). The number of nitrogens with zero attached hydrogens (tertiary/aromatic N) is 5. The second kappa shape index (κ2) is 23.0. The maximum Gasteiger partial charge on any atom is 0.501 e. The van der Waals surface area contributed by atoms with Gasteiger partial charge >= 0.3 is 19.0 Å². The summed E-state index contributed by atoms with van der Waals surface area (Å²) in [6.45, 7) is 10.5. The Labute approximate surface area is 451 Å². The minimum atomic E-state index is -5.96. The number of aliphatic hydroxyl groups excluding tert-OH is 1. The third-order valence-corrected chi connectivity index (χ3v) is 19.6. The monoisotopic (exact) mass is 1120 g/mol. The van der Waals surface area contributed by atoms with E-state index in [1.54, 1.807) is 30.3 Å². The number of carbonyl (C=O) groups is 1. The van der Waals surface area contributed by atoms with E-state index in [0.29, 0.717) is 92.8 Å². The molecule has 0 bridgehead atoms. The Hall–Kier alpha value is -5.88. The van der Waals surface area contributed by atoms with Gasteiger partial charge in [0.15, 0.2) is 0 Å². The molecule has 13 nitrogen and oxygen atoms in total. The first-order valence-corrected chi connectivity index (χ1v) is 29.7. The van der Waals surface area contributed by atoms with Gasteiger partial charge < -0.3 is 39.3 Å². The molecule has 0 spiro atoms. The van der Waals surface area contributed by atoms with Crippen LogP contribution in [-0.4, -0.2) is 110 Å². The van der Waals surface area contributed by atoms with Crippen molar-refractivity contribution in [3.63, 3.8) is 0 Å². The van der Waals surface area contributed by atoms with Gasteiger partial charge in [0.25, 0.3) is 9.84 Å². The lowest BCUT2D eigenvalue weighted by atomic mass is 9.96. The molecule has 4 heterocycles. The predicted molar refractivity (Wildman–Crippen MR) is 299 cm³/mol. The Balaban J connectivity index is 0.935. The summed E-state index contributed by atoms with van der Waals surface area (Å²) >= 11 is 7.77. The third-order valence-electron chi connectivity index (χ3n) is 14.3. The first-order chi connectivity index (χ1) is 36.3. The highest BCUT2D eigenvalue weighted by molar-refractivity contribution is 7.99. The highest BCUT2D eigenvalue weighted by Gasteiger charge is 2.49. The molecule has 0 radical (unpaired) electrons. The van der Waals surface area contributed by atoms with E-state index in [2.05, 4.69) is 24.6 Å². The average Bonchev–Trinajstić information content (AvgIpc) is 3.84. The standard InChI is InChI=1S/C56H61ClF3N6O7PS2/c1-38(2)66-39(3)52(55(68)69)53(54(66)40-13-15-42(57)16-14-40)41-9-7-10-46(35-41)64-32-30-63(31-33-64)44-17-19-45(20-18-44)65-26-8-34-73-74(65,70)48-21-22-50(51(36-48)76(71,72)56(58,59)60)61-43(37-75-49-11-5-4-6-12-49)23-27-62-28-24-47(67)25-29-62/h4-22,34-36,38,43,47,61,67H,23-33,37H2,1-3H3,(H,68,69)/t43?,74-/m1/s1. The molecule has 6 aromatic rings. The van der Waals surface area contributed by atoms with Crippen molar-refractivity contribution in [2.45, 2.75) is 73.5 Å². The number of hydrogen-bond acceptors (Lipinski definition) is 11. The number of alkyl halides is 3. The Bertz CT molecular complexity index is 3220. The van der Waals surface area contributed by atoms with Gasteiger partial charge in [-0.05, 0) is 136 Å². The number of sulfone groups is 1. The molecule has 0 amide bonds. The number of likely N-dealkylation sites (tertiary alicyclic amines) is 1. The van der Waals surface area contributed by atoms with Gasteiger partial charge in [0, 0.05) is 108 Å². The highest BCUT2D eigenvalue weighted by atomic mass is 35.5. The van der Waals surface area contributed by atoms with Gasteiger partial charge in [0.1, 0.15) is 4.90 Å². The van der Waals surface area contributed by atoms with Crippen LogP contribution in [0.25, 0.3) is 22.4 Å².